The second kappa shape index (κ2) is 4.86. The van der Waals surface area contributed by atoms with Crippen LogP contribution in [0.2, 0.25) is 0 Å². The minimum atomic E-state index is 0.0214. The van der Waals surface area contributed by atoms with Crippen LogP contribution in [-0.4, -0.2) is 23.3 Å². The maximum absolute atomic E-state index is 11.1. The Balaban J connectivity index is 2.69. The Morgan fingerprint density at radius 1 is 1.64 bits per heavy atom. The normalized spacial score (nSPS) is 18.4. The molecule has 0 aromatic heterocycles. The molecule has 0 fully saturated rings. The van der Waals surface area contributed by atoms with E-state index >= 15 is 0 Å². The van der Waals surface area contributed by atoms with Crippen molar-refractivity contribution in [3.8, 4) is 0 Å². The number of Topliss-reactive ketones (excluding diaryl/α,β-unsaturated/α-hetero) is 1. The first-order valence-corrected chi connectivity index (χ1v) is 4.70. The van der Waals surface area contributed by atoms with Crippen molar-refractivity contribution >= 4 is 11.6 Å². The predicted molar refractivity (Wildman–Crippen MR) is 53.8 cm³/mol. The van der Waals surface area contributed by atoms with Gasteiger partial charge in [0.05, 0.1) is 13.0 Å². The highest BCUT2D eigenvalue weighted by Crippen LogP contribution is 2.14. The lowest BCUT2D eigenvalue weighted by molar-refractivity contribution is -0.387. The van der Waals surface area contributed by atoms with E-state index in [1.54, 1.807) is 13.0 Å². The molecule has 0 bridgehead atoms. The number of carbonyl (C=O) groups is 1. The summed E-state index contributed by atoms with van der Waals surface area (Å²) >= 11 is 0. The second-order valence-corrected chi connectivity index (χ2v) is 3.24. The molecule has 0 amide bonds. The van der Waals surface area contributed by atoms with Gasteiger partial charge in [0.1, 0.15) is 5.57 Å². The summed E-state index contributed by atoms with van der Waals surface area (Å²) in [4.78, 5) is 11.1. The molecule has 1 aliphatic rings. The molecule has 3 heteroatoms. The van der Waals surface area contributed by atoms with Gasteiger partial charge in [0.15, 0.2) is 5.78 Å². The zero-order chi connectivity index (χ0) is 10.6. The van der Waals surface area contributed by atoms with E-state index in [0.29, 0.717) is 17.1 Å². The Labute approximate surface area is 83.4 Å². The first kappa shape index (κ1) is 10.9. The van der Waals surface area contributed by atoms with E-state index in [0.717, 1.165) is 12.8 Å². The Morgan fingerprint density at radius 3 is 2.86 bits per heavy atom. The molecule has 0 unspecified atom stereocenters. The fraction of sp³-hybridized carbons (Fsp3) is 0.455. The van der Waals surface area contributed by atoms with Gasteiger partial charge in [-0.3, -0.25) is 4.79 Å². The van der Waals surface area contributed by atoms with Crippen LogP contribution in [0.15, 0.2) is 23.5 Å². The van der Waals surface area contributed by atoms with Crippen LogP contribution in [0, 0.1) is 0 Å². The third kappa shape index (κ3) is 2.64. The van der Waals surface area contributed by atoms with E-state index in [1.165, 1.54) is 6.92 Å². The zero-order valence-corrected chi connectivity index (χ0v) is 8.54. The van der Waals surface area contributed by atoms with E-state index in [1.807, 2.05) is 6.08 Å². The monoisotopic (exact) mass is 195 g/mol. The third-order valence-electron chi connectivity index (χ3n) is 2.02. The first-order valence-electron chi connectivity index (χ1n) is 4.70. The number of hydrogen-bond donors (Lipinski definition) is 1. The largest absolute Gasteiger partial charge is 0.396 e. The lowest BCUT2D eigenvalue weighted by Gasteiger charge is -1.84. The van der Waals surface area contributed by atoms with Crippen molar-refractivity contribution in [1.82, 2.24) is 0 Å². The van der Waals surface area contributed by atoms with Gasteiger partial charge in [-0.15, -0.1) is 0 Å². The number of hydrogen-bond acceptors (Lipinski definition) is 2. The first-order chi connectivity index (χ1) is 6.65. The molecule has 1 aliphatic heterocycles. The fourth-order valence-electron chi connectivity index (χ4n) is 1.29. The van der Waals surface area contributed by atoms with Gasteiger partial charge in [-0.2, -0.15) is 0 Å². The molecule has 1 rings (SSSR count). The smallest absolute Gasteiger partial charge is 0.350 e. The summed E-state index contributed by atoms with van der Waals surface area (Å²) in [7, 11) is 0. The number of unbranched alkanes of at least 4 members (excludes halogenated alkanes) is 1. The number of rotatable bonds is 4. The van der Waals surface area contributed by atoms with Gasteiger partial charge in [-0.05, 0) is 19.8 Å². The third-order valence-corrected chi connectivity index (χ3v) is 2.02. The molecule has 0 atom stereocenters. The molecule has 0 saturated carbocycles. The molecule has 0 radical (unpaired) electrons. The van der Waals surface area contributed by atoms with Crippen LogP contribution in [0.1, 0.15) is 26.7 Å². The lowest BCUT2D eigenvalue weighted by atomic mass is 10.1. The minimum absolute atomic E-state index is 0.0214. The number of carbonyl (C=O) groups excluding carboxylic acids is 2. The maximum Gasteiger partial charge on any atom is 0.350 e. The van der Waals surface area contributed by atoms with Gasteiger partial charge < -0.3 is 5.11 Å². The molecular weight excluding hydrogens is 180 g/mol. The van der Waals surface area contributed by atoms with E-state index in [-0.39, 0.29) is 12.4 Å². The van der Waals surface area contributed by atoms with Gasteiger partial charge in [0.25, 0.3) is 0 Å². The highest BCUT2D eigenvalue weighted by Gasteiger charge is 2.27. The van der Waals surface area contributed by atoms with Crippen LogP contribution >= 0.6 is 0 Å². The van der Waals surface area contributed by atoms with Crippen molar-refractivity contribution < 1.29 is 14.3 Å². The van der Waals surface area contributed by atoms with Crippen LogP contribution < -0.4 is 0 Å². The number of aliphatic hydroxyl groups is 1. The molecule has 0 aromatic rings. The summed E-state index contributed by atoms with van der Waals surface area (Å²) in [5.74, 6) is 1.39. The number of ketones is 2. The summed E-state index contributed by atoms with van der Waals surface area (Å²) in [5, 5.41) is 8.59. The van der Waals surface area contributed by atoms with E-state index in [4.69, 9.17) is 9.53 Å². The van der Waals surface area contributed by atoms with E-state index in [2.05, 4.69) is 0 Å². The standard InChI is InChI=1S/C11H15O3/c1-8(13)11-7-10(14-9(11)2)5-3-4-6-12/h5,7,12H,3-4,6H2,1-2H3/q+1/b10-5-. The van der Waals surface area contributed by atoms with Gasteiger partial charge in [-0.25, -0.2) is 4.42 Å². The summed E-state index contributed by atoms with van der Waals surface area (Å²) < 4.78 is 5.36. The average Bonchev–Trinajstić information content (AvgIpc) is 2.47. The SMILES string of the molecule is CC(=O)C1=C/C(=C/CCCO)[O+]=C1C. The summed E-state index contributed by atoms with van der Waals surface area (Å²) in [6, 6.07) is 0. The Kier molecular flexibility index (Phi) is 3.77. The van der Waals surface area contributed by atoms with Crippen molar-refractivity contribution in [2.45, 2.75) is 26.7 Å². The molecule has 1 N–H and O–H groups in total. The van der Waals surface area contributed by atoms with Gasteiger partial charge >= 0.3 is 11.5 Å². The number of aliphatic hydroxyl groups excluding tert-OH is 1. The highest BCUT2D eigenvalue weighted by atomic mass is 16.4. The van der Waals surface area contributed by atoms with Crippen molar-refractivity contribution in [2.24, 2.45) is 0 Å². The van der Waals surface area contributed by atoms with Crippen molar-refractivity contribution in [3.63, 3.8) is 0 Å². The van der Waals surface area contributed by atoms with Crippen LogP contribution in [0.3, 0.4) is 0 Å². The Morgan fingerprint density at radius 2 is 2.36 bits per heavy atom. The predicted octanol–water partition coefficient (Wildman–Crippen LogP) is 1.30. The molecule has 1 heterocycles. The molecule has 0 saturated heterocycles. The fourth-order valence-corrected chi connectivity index (χ4v) is 1.29. The van der Waals surface area contributed by atoms with Gasteiger partial charge in [0, 0.05) is 12.7 Å². The zero-order valence-electron chi connectivity index (χ0n) is 8.54. The topological polar surface area (TPSA) is 48.6 Å². The maximum atomic E-state index is 11.1. The Bertz CT molecular complexity index is 321. The van der Waals surface area contributed by atoms with Crippen LogP contribution in [0.25, 0.3) is 0 Å². The van der Waals surface area contributed by atoms with Gasteiger partial charge in [-0.1, -0.05) is 0 Å². The second-order valence-electron chi connectivity index (χ2n) is 3.24. The Hall–Kier alpha value is -1.22. The van der Waals surface area contributed by atoms with Crippen LogP contribution in [-0.2, 0) is 9.22 Å². The van der Waals surface area contributed by atoms with Crippen LogP contribution in [0.5, 0.6) is 0 Å². The van der Waals surface area contributed by atoms with Crippen molar-refractivity contribution in [3.05, 3.63) is 23.5 Å². The molecular formula is C11H15O3+. The lowest BCUT2D eigenvalue weighted by Crippen LogP contribution is -2.03. The molecule has 3 nitrogen and oxygen atoms in total. The van der Waals surface area contributed by atoms with Gasteiger partial charge in [0.2, 0.25) is 0 Å². The van der Waals surface area contributed by atoms with Crippen LogP contribution in [0.4, 0.5) is 0 Å². The minimum Gasteiger partial charge on any atom is -0.396 e. The summed E-state index contributed by atoms with van der Waals surface area (Å²) in [6.07, 6.45) is 5.11. The molecule has 14 heavy (non-hydrogen) atoms. The molecule has 0 aromatic carbocycles. The average molecular weight is 195 g/mol. The molecule has 76 valence electrons. The summed E-state index contributed by atoms with van der Waals surface area (Å²) in [6.45, 7) is 3.48. The van der Waals surface area contributed by atoms with Crippen molar-refractivity contribution in [1.29, 1.82) is 0 Å². The van der Waals surface area contributed by atoms with E-state index in [9.17, 15) is 4.79 Å². The quantitative estimate of drug-likeness (QED) is 0.417. The number of allylic oxidation sites excluding steroid dienone is 3. The van der Waals surface area contributed by atoms with Crippen molar-refractivity contribution in [2.75, 3.05) is 6.61 Å². The summed E-state index contributed by atoms with van der Waals surface area (Å²) in [5.41, 5.74) is 0.639. The highest BCUT2D eigenvalue weighted by molar-refractivity contribution is 6.19. The van der Waals surface area contributed by atoms with E-state index < -0.39 is 0 Å². The molecule has 0 spiro atoms. The molecule has 0 aliphatic carbocycles.